The fourth-order valence-corrected chi connectivity index (χ4v) is 2.99. The number of amidine groups is 1. The molecule has 2 aromatic carbocycles. The fourth-order valence-electron chi connectivity index (χ4n) is 2.99. The van der Waals surface area contributed by atoms with E-state index in [0.717, 1.165) is 23.1 Å². The predicted molar refractivity (Wildman–Crippen MR) is 104 cm³/mol. The normalized spacial score (nSPS) is 11.6. The van der Waals surface area contributed by atoms with Crippen LogP contribution in [0.15, 0.2) is 53.6 Å². The van der Waals surface area contributed by atoms with Crippen molar-refractivity contribution >= 4 is 5.84 Å². The number of benzene rings is 2. The van der Waals surface area contributed by atoms with Gasteiger partial charge < -0.3 is 11.6 Å². The minimum Gasteiger partial charge on any atom is -0.382 e. The van der Waals surface area contributed by atoms with E-state index in [9.17, 15) is 0 Å². The number of nitrogens with zero attached hydrogens (tertiary/aromatic N) is 1. The largest absolute Gasteiger partial charge is 0.382 e. The van der Waals surface area contributed by atoms with Crippen LogP contribution in [0.25, 0.3) is 11.1 Å². The number of hydrogen-bond donors (Lipinski definition) is 2. The number of rotatable bonds is 9. The molecule has 0 unspecified atom stereocenters. The van der Waals surface area contributed by atoms with Gasteiger partial charge >= 0.3 is 0 Å². The highest BCUT2D eigenvalue weighted by Gasteiger charge is 2.07. The number of hydrogen-bond acceptors (Lipinski definition) is 2. The lowest BCUT2D eigenvalue weighted by atomic mass is 9.97. The highest BCUT2D eigenvalue weighted by Crippen LogP contribution is 2.24. The van der Waals surface area contributed by atoms with Gasteiger partial charge in [0.2, 0.25) is 0 Å². The third-order valence-electron chi connectivity index (χ3n) is 4.43. The van der Waals surface area contributed by atoms with E-state index in [1.807, 2.05) is 18.2 Å². The van der Waals surface area contributed by atoms with Crippen molar-refractivity contribution in [3.05, 3.63) is 59.7 Å². The molecule has 0 bridgehead atoms. The van der Waals surface area contributed by atoms with Gasteiger partial charge in [-0.3, -0.25) is 0 Å². The maximum atomic E-state index is 5.90. The molecule has 24 heavy (non-hydrogen) atoms. The first-order valence-corrected chi connectivity index (χ1v) is 8.98. The Morgan fingerprint density at radius 2 is 1.54 bits per heavy atom. The first-order valence-electron chi connectivity index (χ1n) is 8.98. The number of hydrazone groups is 1. The Balaban J connectivity index is 1.98. The van der Waals surface area contributed by atoms with E-state index >= 15 is 0 Å². The summed E-state index contributed by atoms with van der Waals surface area (Å²) in [5, 5.41) is 3.63. The molecular weight excluding hydrogens is 294 g/mol. The van der Waals surface area contributed by atoms with E-state index in [-0.39, 0.29) is 0 Å². The molecule has 0 spiro atoms. The molecule has 0 aliphatic carbocycles. The van der Waals surface area contributed by atoms with Crippen LogP contribution >= 0.6 is 0 Å². The molecule has 0 heterocycles. The Labute approximate surface area is 145 Å². The van der Waals surface area contributed by atoms with Crippen LogP contribution in [0.4, 0.5) is 0 Å². The van der Waals surface area contributed by atoms with Gasteiger partial charge in [-0.2, -0.15) is 5.10 Å². The van der Waals surface area contributed by atoms with Crippen LogP contribution < -0.4 is 11.6 Å². The molecule has 0 aliphatic rings. The molecule has 0 atom stereocenters. The Morgan fingerprint density at radius 1 is 0.875 bits per heavy atom. The first-order chi connectivity index (χ1) is 11.8. The number of unbranched alkanes of at least 4 members (excludes halogenated alkanes) is 5. The zero-order valence-electron chi connectivity index (χ0n) is 14.7. The van der Waals surface area contributed by atoms with Crippen molar-refractivity contribution < 1.29 is 0 Å². The molecule has 2 rings (SSSR count). The highest BCUT2D eigenvalue weighted by atomic mass is 15.2. The predicted octanol–water partition coefficient (Wildman–Crippen LogP) is 4.84. The summed E-state index contributed by atoms with van der Waals surface area (Å²) in [5.41, 5.74) is 10.4. The van der Waals surface area contributed by atoms with Gasteiger partial charge in [-0.1, -0.05) is 87.6 Å². The van der Waals surface area contributed by atoms with E-state index in [1.54, 1.807) is 0 Å². The van der Waals surface area contributed by atoms with E-state index in [0.29, 0.717) is 5.84 Å². The van der Waals surface area contributed by atoms with Gasteiger partial charge in [0.05, 0.1) is 0 Å². The van der Waals surface area contributed by atoms with Crippen molar-refractivity contribution in [2.75, 3.05) is 0 Å². The number of nitrogens with two attached hydrogens (primary N) is 2. The maximum Gasteiger partial charge on any atom is 0.150 e. The summed E-state index contributed by atoms with van der Waals surface area (Å²) >= 11 is 0. The zero-order chi connectivity index (χ0) is 17.2. The minimum absolute atomic E-state index is 0.363. The average molecular weight is 323 g/mol. The molecule has 0 aromatic heterocycles. The molecule has 0 radical (unpaired) electrons. The maximum absolute atomic E-state index is 5.90. The van der Waals surface area contributed by atoms with E-state index < -0.39 is 0 Å². The van der Waals surface area contributed by atoms with Gasteiger partial charge in [0, 0.05) is 5.56 Å². The molecule has 0 amide bonds. The average Bonchev–Trinajstić information content (AvgIpc) is 2.64. The lowest BCUT2D eigenvalue weighted by Gasteiger charge is -2.09. The smallest absolute Gasteiger partial charge is 0.150 e. The van der Waals surface area contributed by atoms with Crippen LogP contribution in [-0.4, -0.2) is 5.84 Å². The molecule has 128 valence electrons. The molecule has 0 aliphatic heterocycles. The lowest BCUT2D eigenvalue weighted by molar-refractivity contribution is 0.607. The summed E-state index contributed by atoms with van der Waals surface area (Å²) in [6.07, 6.45) is 9.15. The van der Waals surface area contributed by atoms with Crippen LogP contribution in [0, 0.1) is 0 Å². The molecule has 3 nitrogen and oxygen atoms in total. The molecule has 0 saturated carbocycles. The molecule has 0 saturated heterocycles. The van der Waals surface area contributed by atoms with Gasteiger partial charge in [-0.25, -0.2) is 0 Å². The van der Waals surface area contributed by atoms with Gasteiger partial charge in [-0.15, -0.1) is 0 Å². The lowest BCUT2D eigenvalue weighted by Crippen LogP contribution is -2.16. The molecule has 3 heteroatoms. The van der Waals surface area contributed by atoms with Crippen molar-refractivity contribution in [1.82, 2.24) is 0 Å². The van der Waals surface area contributed by atoms with Crippen molar-refractivity contribution in [1.29, 1.82) is 0 Å². The second kappa shape index (κ2) is 9.76. The van der Waals surface area contributed by atoms with Crippen LogP contribution in [0.5, 0.6) is 0 Å². The summed E-state index contributed by atoms with van der Waals surface area (Å²) in [6.45, 7) is 2.26. The second-order valence-electron chi connectivity index (χ2n) is 6.27. The summed E-state index contributed by atoms with van der Waals surface area (Å²) in [7, 11) is 0. The highest BCUT2D eigenvalue weighted by molar-refractivity contribution is 6.03. The molecule has 4 N–H and O–H groups in total. The van der Waals surface area contributed by atoms with E-state index in [2.05, 4.69) is 42.4 Å². The summed E-state index contributed by atoms with van der Waals surface area (Å²) in [4.78, 5) is 0. The monoisotopic (exact) mass is 323 g/mol. The first kappa shape index (κ1) is 18.1. The Kier molecular flexibility index (Phi) is 7.34. The third kappa shape index (κ3) is 5.12. The van der Waals surface area contributed by atoms with Gasteiger partial charge in [0.25, 0.3) is 0 Å². The van der Waals surface area contributed by atoms with Crippen LogP contribution in [-0.2, 0) is 6.42 Å². The summed E-state index contributed by atoms with van der Waals surface area (Å²) in [5.74, 6) is 5.70. The number of aryl methyl sites for hydroxylation is 1. The topological polar surface area (TPSA) is 64.4 Å². The van der Waals surface area contributed by atoms with Crippen LogP contribution in [0.2, 0.25) is 0 Å². The van der Waals surface area contributed by atoms with Gasteiger partial charge in [0.1, 0.15) is 0 Å². The minimum atomic E-state index is 0.363. The molecular formula is C21H29N3. The SMILES string of the molecule is CCCCCCCCc1ccc(-c2ccccc2C(N)=NN)cc1. The standard InChI is InChI=1S/C21H29N3/c1-2-3-4-5-6-7-10-17-13-15-18(16-14-17)19-11-8-9-12-20(19)21(22)24-23/h8-9,11-16H,2-7,10,23H2,1H3,(H2,22,24). The van der Waals surface area contributed by atoms with Crippen molar-refractivity contribution in [2.45, 2.75) is 51.9 Å². The van der Waals surface area contributed by atoms with Crippen LogP contribution in [0.3, 0.4) is 0 Å². The Bertz CT molecular complexity index is 644. The third-order valence-corrected chi connectivity index (χ3v) is 4.43. The molecule has 2 aromatic rings. The quantitative estimate of drug-likeness (QED) is 0.228. The van der Waals surface area contributed by atoms with Gasteiger partial charge in [0.15, 0.2) is 5.84 Å². The molecule has 0 fully saturated rings. The second-order valence-corrected chi connectivity index (χ2v) is 6.27. The van der Waals surface area contributed by atoms with Crippen molar-refractivity contribution in [2.24, 2.45) is 16.7 Å². The van der Waals surface area contributed by atoms with E-state index in [1.165, 1.54) is 44.1 Å². The van der Waals surface area contributed by atoms with Gasteiger partial charge in [-0.05, 0) is 29.5 Å². The fraction of sp³-hybridized carbons (Fsp3) is 0.381. The van der Waals surface area contributed by atoms with Crippen LogP contribution in [0.1, 0.15) is 56.6 Å². The van der Waals surface area contributed by atoms with Crippen molar-refractivity contribution in [3.8, 4) is 11.1 Å². The van der Waals surface area contributed by atoms with Crippen molar-refractivity contribution in [3.63, 3.8) is 0 Å². The Morgan fingerprint density at radius 3 is 2.25 bits per heavy atom. The Hall–Kier alpha value is -2.29. The van der Waals surface area contributed by atoms with E-state index in [4.69, 9.17) is 11.6 Å². The zero-order valence-corrected chi connectivity index (χ0v) is 14.7. The summed E-state index contributed by atoms with van der Waals surface area (Å²) < 4.78 is 0. The summed E-state index contributed by atoms with van der Waals surface area (Å²) in [6, 6.07) is 16.7.